The normalized spacial score (nSPS) is 41.0. The van der Waals surface area contributed by atoms with E-state index in [2.05, 4.69) is 19.9 Å². The Bertz CT molecular complexity index is 252. The molecule has 0 aliphatic heterocycles. The highest BCUT2D eigenvalue weighted by Crippen LogP contribution is 2.50. The van der Waals surface area contributed by atoms with Gasteiger partial charge in [-0.15, -0.1) is 0 Å². The van der Waals surface area contributed by atoms with Crippen LogP contribution in [0.3, 0.4) is 0 Å². The highest BCUT2D eigenvalue weighted by Gasteiger charge is 2.43. The van der Waals surface area contributed by atoms with Crippen LogP contribution in [0.4, 0.5) is 0 Å². The van der Waals surface area contributed by atoms with Gasteiger partial charge in [0, 0.05) is 12.8 Å². The van der Waals surface area contributed by atoms with Crippen molar-refractivity contribution < 1.29 is 4.79 Å². The Hall–Kier alpha value is -0.590. The molecular formula is C11H16O. The molecule has 0 amide bonds. The number of allylic oxidation sites excluding steroid dienone is 2. The molecule has 0 N–H and O–H groups in total. The Morgan fingerprint density at radius 2 is 2.33 bits per heavy atom. The van der Waals surface area contributed by atoms with Crippen molar-refractivity contribution in [3.63, 3.8) is 0 Å². The molecule has 0 radical (unpaired) electrons. The van der Waals surface area contributed by atoms with Crippen LogP contribution >= 0.6 is 0 Å². The van der Waals surface area contributed by atoms with E-state index in [0.29, 0.717) is 5.78 Å². The van der Waals surface area contributed by atoms with Crippen LogP contribution in [0.25, 0.3) is 0 Å². The topological polar surface area (TPSA) is 17.1 Å². The summed E-state index contributed by atoms with van der Waals surface area (Å²) in [5.41, 5.74) is 1.68. The van der Waals surface area contributed by atoms with E-state index in [1.54, 1.807) is 0 Å². The fourth-order valence-electron chi connectivity index (χ4n) is 2.69. The molecule has 1 heteroatoms. The average molecular weight is 164 g/mol. The fourth-order valence-corrected chi connectivity index (χ4v) is 2.69. The highest BCUT2D eigenvalue weighted by atomic mass is 16.1. The third-order valence-corrected chi connectivity index (χ3v) is 3.85. The first-order chi connectivity index (χ1) is 5.63. The molecule has 0 unspecified atom stereocenters. The van der Waals surface area contributed by atoms with E-state index in [-0.39, 0.29) is 5.41 Å². The molecule has 0 aromatic rings. The van der Waals surface area contributed by atoms with Crippen molar-refractivity contribution in [2.75, 3.05) is 0 Å². The first-order valence-electron chi connectivity index (χ1n) is 4.82. The van der Waals surface area contributed by atoms with Crippen molar-refractivity contribution >= 4 is 5.78 Å². The lowest BCUT2D eigenvalue weighted by Gasteiger charge is -2.37. The minimum Gasteiger partial charge on any atom is -0.300 e. The van der Waals surface area contributed by atoms with Gasteiger partial charge in [-0.2, -0.15) is 0 Å². The maximum atomic E-state index is 11.3. The van der Waals surface area contributed by atoms with Crippen molar-refractivity contribution in [3.8, 4) is 0 Å². The van der Waals surface area contributed by atoms with Gasteiger partial charge in [-0.1, -0.05) is 18.6 Å². The molecule has 0 aromatic heterocycles. The predicted molar refractivity (Wildman–Crippen MR) is 48.8 cm³/mol. The van der Waals surface area contributed by atoms with Crippen molar-refractivity contribution in [1.29, 1.82) is 0 Å². The summed E-state index contributed by atoms with van der Waals surface area (Å²) in [7, 11) is 0. The summed E-state index contributed by atoms with van der Waals surface area (Å²) in [4.78, 5) is 11.3. The van der Waals surface area contributed by atoms with Crippen LogP contribution in [-0.2, 0) is 4.79 Å². The summed E-state index contributed by atoms with van der Waals surface area (Å²) in [6.07, 6.45) is 6.25. The molecule has 2 rings (SSSR count). The van der Waals surface area contributed by atoms with Gasteiger partial charge in [0.05, 0.1) is 0 Å². The zero-order valence-corrected chi connectivity index (χ0v) is 7.89. The number of hydrogen-bond donors (Lipinski definition) is 0. The van der Waals surface area contributed by atoms with Crippen molar-refractivity contribution in [1.82, 2.24) is 0 Å². The van der Waals surface area contributed by atoms with Crippen LogP contribution in [0.2, 0.25) is 0 Å². The van der Waals surface area contributed by atoms with Gasteiger partial charge in [-0.05, 0) is 31.1 Å². The molecule has 1 nitrogen and oxygen atoms in total. The molecule has 0 bridgehead atoms. The monoisotopic (exact) mass is 164 g/mol. The molecular weight excluding hydrogens is 148 g/mol. The Balaban J connectivity index is 2.27. The van der Waals surface area contributed by atoms with E-state index >= 15 is 0 Å². The minimum atomic E-state index is 0.231. The lowest BCUT2D eigenvalue weighted by Crippen LogP contribution is -2.32. The standard InChI is InChI=1S/C11H16O/c1-8-3-4-9-5-6-10(12)7-11(8,9)2/h3,9H,4-7H2,1-2H3/t9-,11+/m0/s1. The second-order valence-corrected chi connectivity index (χ2v) is 4.49. The van der Waals surface area contributed by atoms with E-state index < -0.39 is 0 Å². The zero-order chi connectivity index (χ0) is 8.77. The highest BCUT2D eigenvalue weighted by molar-refractivity contribution is 5.80. The van der Waals surface area contributed by atoms with E-state index in [1.165, 1.54) is 12.0 Å². The zero-order valence-electron chi connectivity index (χ0n) is 7.89. The molecule has 1 fully saturated rings. The molecule has 1 saturated carbocycles. The largest absolute Gasteiger partial charge is 0.300 e. The van der Waals surface area contributed by atoms with Crippen LogP contribution in [0.15, 0.2) is 11.6 Å². The molecule has 12 heavy (non-hydrogen) atoms. The van der Waals surface area contributed by atoms with E-state index in [4.69, 9.17) is 0 Å². The molecule has 0 spiro atoms. The van der Waals surface area contributed by atoms with Gasteiger partial charge >= 0.3 is 0 Å². The maximum absolute atomic E-state index is 11.3. The Morgan fingerprint density at radius 1 is 1.58 bits per heavy atom. The number of fused-ring (bicyclic) bond motifs is 1. The van der Waals surface area contributed by atoms with Gasteiger partial charge in [-0.25, -0.2) is 0 Å². The Morgan fingerprint density at radius 3 is 3.08 bits per heavy atom. The molecule has 0 aromatic carbocycles. The van der Waals surface area contributed by atoms with Gasteiger partial charge in [0.2, 0.25) is 0 Å². The van der Waals surface area contributed by atoms with E-state index in [0.717, 1.165) is 25.2 Å². The van der Waals surface area contributed by atoms with Gasteiger partial charge in [-0.3, -0.25) is 4.79 Å². The molecule has 2 aliphatic rings. The fraction of sp³-hybridized carbons (Fsp3) is 0.727. The lowest BCUT2D eigenvalue weighted by atomic mass is 9.66. The first-order valence-corrected chi connectivity index (χ1v) is 4.82. The summed E-state index contributed by atoms with van der Waals surface area (Å²) in [5, 5.41) is 0. The number of ketones is 1. The first kappa shape index (κ1) is 8.03. The van der Waals surface area contributed by atoms with Crippen LogP contribution in [0.1, 0.15) is 39.5 Å². The van der Waals surface area contributed by atoms with Crippen LogP contribution in [0, 0.1) is 11.3 Å². The summed E-state index contributed by atoms with van der Waals surface area (Å²) in [6, 6.07) is 0. The average Bonchev–Trinajstić information content (AvgIpc) is 2.28. The smallest absolute Gasteiger partial charge is 0.133 e. The minimum absolute atomic E-state index is 0.231. The number of Topliss-reactive ketones (excluding diaryl/α,β-unsaturated/α-hetero) is 1. The van der Waals surface area contributed by atoms with Gasteiger partial charge in [0.25, 0.3) is 0 Å². The third kappa shape index (κ3) is 0.954. The summed E-state index contributed by atoms with van der Waals surface area (Å²) in [5.74, 6) is 1.22. The number of hydrogen-bond acceptors (Lipinski definition) is 1. The summed E-state index contributed by atoms with van der Waals surface area (Å²) >= 11 is 0. The number of rotatable bonds is 0. The number of carbonyl (C=O) groups excluding carboxylic acids is 1. The Labute approximate surface area is 73.8 Å². The van der Waals surface area contributed by atoms with Gasteiger partial charge in [0.1, 0.15) is 5.78 Å². The molecule has 2 atom stereocenters. The van der Waals surface area contributed by atoms with Crippen LogP contribution in [-0.4, -0.2) is 5.78 Å². The lowest BCUT2D eigenvalue weighted by molar-refractivity contribution is -0.124. The molecule has 0 heterocycles. The van der Waals surface area contributed by atoms with Crippen molar-refractivity contribution in [2.24, 2.45) is 11.3 Å². The van der Waals surface area contributed by atoms with E-state index in [1.807, 2.05) is 0 Å². The second-order valence-electron chi connectivity index (χ2n) is 4.49. The van der Waals surface area contributed by atoms with Gasteiger partial charge < -0.3 is 0 Å². The Kier molecular flexibility index (Phi) is 1.64. The summed E-state index contributed by atoms with van der Waals surface area (Å²) in [6.45, 7) is 4.44. The predicted octanol–water partition coefficient (Wildman–Crippen LogP) is 2.71. The quantitative estimate of drug-likeness (QED) is 0.503. The molecule has 0 saturated heterocycles. The van der Waals surface area contributed by atoms with Crippen molar-refractivity contribution in [2.45, 2.75) is 39.5 Å². The molecule has 66 valence electrons. The second kappa shape index (κ2) is 2.45. The van der Waals surface area contributed by atoms with Crippen molar-refractivity contribution in [3.05, 3.63) is 11.6 Å². The number of carbonyl (C=O) groups is 1. The van der Waals surface area contributed by atoms with Crippen LogP contribution in [0.5, 0.6) is 0 Å². The van der Waals surface area contributed by atoms with E-state index in [9.17, 15) is 4.79 Å². The summed E-state index contributed by atoms with van der Waals surface area (Å²) < 4.78 is 0. The van der Waals surface area contributed by atoms with Crippen LogP contribution < -0.4 is 0 Å². The molecule has 2 aliphatic carbocycles. The SMILES string of the molecule is CC1=CC[C@H]2CCC(=O)C[C@]12C. The van der Waals surface area contributed by atoms with Gasteiger partial charge in [0.15, 0.2) is 0 Å². The maximum Gasteiger partial charge on any atom is 0.133 e. The third-order valence-electron chi connectivity index (χ3n) is 3.85.